The van der Waals surface area contributed by atoms with E-state index in [1.165, 1.54) is 0 Å². The Morgan fingerprint density at radius 1 is 1.30 bits per heavy atom. The number of nitriles is 1. The Balaban J connectivity index is 1.74. The second-order valence-electron chi connectivity index (χ2n) is 9.88. The molecule has 0 radical (unpaired) electrons. The highest BCUT2D eigenvalue weighted by atomic mass is 16.5. The van der Waals surface area contributed by atoms with E-state index in [1.54, 1.807) is 13.2 Å². The number of aromatic nitrogens is 1. The monoisotopic (exact) mass is 452 g/mol. The van der Waals surface area contributed by atoms with E-state index < -0.39 is 23.9 Å². The summed E-state index contributed by atoms with van der Waals surface area (Å²) in [6, 6.07) is 7.66. The summed E-state index contributed by atoms with van der Waals surface area (Å²) < 4.78 is 5.35. The molecule has 3 N–H and O–H groups in total. The predicted molar refractivity (Wildman–Crippen MR) is 125 cm³/mol. The second kappa shape index (κ2) is 10.1. The van der Waals surface area contributed by atoms with E-state index in [0.29, 0.717) is 30.7 Å². The summed E-state index contributed by atoms with van der Waals surface area (Å²) in [4.78, 5) is 41.1. The van der Waals surface area contributed by atoms with E-state index in [4.69, 9.17) is 4.74 Å². The number of ether oxygens (including phenoxy) is 1. The molecule has 1 fully saturated rings. The number of nitrogens with one attached hydrogen (secondary N) is 3. The van der Waals surface area contributed by atoms with Gasteiger partial charge in [-0.25, -0.2) is 0 Å². The number of Topliss-reactive ketones (excluding diaryl/α,β-unsaturated/α-hetero) is 1. The zero-order chi connectivity index (χ0) is 24.2. The Bertz CT molecular complexity index is 1080. The van der Waals surface area contributed by atoms with E-state index >= 15 is 0 Å². The number of fused-ring (bicyclic) bond motifs is 1. The third kappa shape index (κ3) is 6.13. The molecule has 1 aliphatic carbocycles. The number of benzene rings is 1. The summed E-state index contributed by atoms with van der Waals surface area (Å²) in [5.41, 5.74) is 0.819. The van der Waals surface area contributed by atoms with Crippen molar-refractivity contribution in [2.45, 2.75) is 65.0 Å². The zero-order valence-corrected chi connectivity index (χ0v) is 19.7. The van der Waals surface area contributed by atoms with Crippen LogP contribution in [0, 0.1) is 22.7 Å². The first-order valence-corrected chi connectivity index (χ1v) is 11.3. The van der Waals surface area contributed by atoms with E-state index in [0.717, 1.165) is 23.7 Å². The van der Waals surface area contributed by atoms with Crippen molar-refractivity contribution in [1.29, 1.82) is 5.26 Å². The summed E-state index contributed by atoms with van der Waals surface area (Å²) >= 11 is 0. The first-order valence-electron chi connectivity index (χ1n) is 11.3. The molecule has 1 aromatic carbocycles. The lowest BCUT2D eigenvalue weighted by Crippen LogP contribution is -2.51. The van der Waals surface area contributed by atoms with Crippen molar-refractivity contribution in [2.75, 3.05) is 7.11 Å². The SMILES string of the molecule is COc1cccc2[nH]c(C(=O)N[C@@H](CC(C)(C)C)C(=O)N[C@H](C#N)C[C@@H]3CCCC3=O)cc12. The van der Waals surface area contributed by atoms with Gasteiger partial charge >= 0.3 is 0 Å². The maximum Gasteiger partial charge on any atom is 0.268 e. The fourth-order valence-corrected chi connectivity index (χ4v) is 4.32. The number of carbonyl (C=O) groups is 3. The Morgan fingerprint density at radius 2 is 2.06 bits per heavy atom. The summed E-state index contributed by atoms with van der Waals surface area (Å²) in [5.74, 6) is -0.239. The number of carbonyl (C=O) groups excluding carboxylic acids is 3. The van der Waals surface area contributed by atoms with Gasteiger partial charge in [-0.05, 0) is 49.3 Å². The minimum atomic E-state index is -0.832. The van der Waals surface area contributed by atoms with Crippen molar-refractivity contribution >= 4 is 28.5 Å². The molecule has 2 aromatic rings. The van der Waals surface area contributed by atoms with Gasteiger partial charge in [-0.3, -0.25) is 14.4 Å². The standard InChI is InChI=1S/C25H32N4O4/c1-25(2,3)13-20(24(32)27-16(14-26)11-15-7-5-9-21(15)30)29-23(31)19-12-17-18(28-19)8-6-10-22(17)33-4/h6,8,10,12,15-16,20,28H,5,7,9,11,13H2,1-4H3,(H,27,32)(H,29,31)/t15-,16-,20-/m0/s1. The Kier molecular flexibility index (Phi) is 7.42. The number of hydrogen-bond acceptors (Lipinski definition) is 5. The number of ketones is 1. The van der Waals surface area contributed by atoms with Crippen molar-refractivity contribution in [2.24, 2.45) is 11.3 Å². The van der Waals surface area contributed by atoms with Crippen LogP contribution in [-0.4, -0.2) is 41.8 Å². The molecule has 2 amide bonds. The molecule has 1 saturated carbocycles. The fourth-order valence-electron chi connectivity index (χ4n) is 4.32. The van der Waals surface area contributed by atoms with Crippen LogP contribution in [0.4, 0.5) is 0 Å². The molecule has 8 heteroatoms. The van der Waals surface area contributed by atoms with Gasteiger partial charge in [0.05, 0.1) is 13.2 Å². The van der Waals surface area contributed by atoms with Gasteiger partial charge in [0.25, 0.3) is 5.91 Å². The van der Waals surface area contributed by atoms with Gasteiger partial charge in [0.15, 0.2) is 0 Å². The number of hydrogen-bond donors (Lipinski definition) is 3. The predicted octanol–water partition coefficient (Wildman–Crippen LogP) is 3.48. The van der Waals surface area contributed by atoms with Crippen LogP contribution < -0.4 is 15.4 Å². The number of rotatable bonds is 8. The van der Waals surface area contributed by atoms with E-state index in [1.807, 2.05) is 39.0 Å². The number of amides is 2. The molecule has 0 unspecified atom stereocenters. The summed E-state index contributed by atoms with van der Waals surface area (Å²) in [5, 5.41) is 15.9. The van der Waals surface area contributed by atoms with Crippen molar-refractivity contribution in [3.8, 4) is 11.8 Å². The lowest BCUT2D eigenvalue weighted by atomic mass is 9.87. The maximum absolute atomic E-state index is 13.1. The van der Waals surface area contributed by atoms with Crippen LogP contribution in [0.1, 0.15) is 63.4 Å². The minimum absolute atomic E-state index is 0.151. The van der Waals surface area contributed by atoms with Gasteiger partial charge in [0, 0.05) is 23.2 Å². The molecule has 1 aromatic heterocycles. The molecule has 1 aliphatic rings. The largest absolute Gasteiger partial charge is 0.496 e. The van der Waals surface area contributed by atoms with Crippen LogP contribution >= 0.6 is 0 Å². The van der Waals surface area contributed by atoms with Crippen LogP contribution in [0.25, 0.3) is 10.9 Å². The van der Waals surface area contributed by atoms with E-state index in [-0.39, 0.29) is 17.1 Å². The Morgan fingerprint density at radius 3 is 2.67 bits per heavy atom. The van der Waals surface area contributed by atoms with Crippen molar-refractivity contribution in [1.82, 2.24) is 15.6 Å². The molecule has 33 heavy (non-hydrogen) atoms. The molecule has 3 rings (SSSR count). The summed E-state index contributed by atoms with van der Waals surface area (Å²) in [7, 11) is 1.57. The molecule has 8 nitrogen and oxygen atoms in total. The van der Waals surface area contributed by atoms with Gasteiger partial charge in [0.1, 0.15) is 29.3 Å². The Labute approximate surface area is 194 Å². The van der Waals surface area contributed by atoms with Crippen LogP contribution in [-0.2, 0) is 9.59 Å². The lowest BCUT2D eigenvalue weighted by Gasteiger charge is -2.27. The number of nitrogens with zero attached hydrogens (tertiary/aromatic N) is 1. The molecular formula is C25H32N4O4. The summed E-state index contributed by atoms with van der Waals surface area (Å²) in [6.07, 6.45) is 2.80. The van der Waals surface area contributed by atoms with Crippen molar-refractivity contribution in [3.05, 3.63) is 30.0 Å². The van der Waals surface area contributed by atoms with Crippen molar-refractivity contribution in [3.63, 3.8) is 0 Å². The van der Waals surface area contributed by atoms with Gasteiger partial charge in [-0.15, -0.1) is 0 Å². The van der Waals surface area contributed by atoms with Gasteiger partial charge in [0.2, 0.25) is 5.91 Å². The Hall–Kier alpha value is -3.34. The normalized spacial score (nSPS) is 17.9. The van der Waals surface area contributed by atoms with Crippen LogP contribution in [0.2, 0.25) is 0 Å². The van der Waals surface area contributed by atoms with Gasteiger partial charge < -0.3 is 20.4 Å². The van der Waals surface area contributed by atoms with Crippen molar-refractivity contribution < 1.29 is 19.1 Å². The number of H-pyrrole nitrogens is 1. The van der Waals surface area contributed by atoms with Crippen LogP contribution in [0.15, 0.2) is 24.3 Å². The highest BCUT2D eigenvalue weighted by Crippen LogP contribution is 2.27. The fraction of sp³-hybridized carbons (Fsp3) is 0.520. The zero-order valence-electron chi connectivity index (χ0n) is 19.7. The highest BCUT2D eigenvalue weighted by molar-refractivity contribution is 6.01. The van der Waals surface area contributed by atoms with Gasteiger partial charge in [-0.1, -0.05) is 26.8 Å². The molecule has 0 bridgehead atoms. The smallest absolute Gasteiger partial charge is 0.268 e. The topological polar surface area (TPSA) is 124 Å². The third-order valence-corrected chi connectivity index (χ3v) is 5.95. The average Bonchev–Trinajstić information content (AvgIpc) is 3.37. The highest BCUT2D eigenvalue weighted by Gasteiger charge is 2.32. The molecule has 176 valence electrons. The van der Waals surface area contributed by atoms with Gasteiger partial charge in [-0.2, -0.15) is 5.26 Å². The lowest BCUT2D eigenvalue weighted by molar-refractivity contribution is -0.125. The van der Waals surface area contributed by atoms with Crippen LogP contribution in [0.5, 0.6) is 5.75 Å². The average molecular weight is 453 g/mol. The second-order valence-corrected chi connectivity index (χ2v) is 9.88. The molecule has 1 heterocycles. The molecular weight excluding hydrogens is 420 g/mol. The van der Waals surface area contributed by atoms with E-state index in [2.05, 4.69) is 21.7 Å². The maximum atomic E-state index is 13.1. The number of methoxy groups -OCH3 is 1. The molecule has 0 spiro atoms. The van der Waals surface area contributed by atoms with E-state index in [9.17, 15) is 19.6 Å². The number of aromatic amines is 1. The minimum Gasteiger partial charge on any atom is -0.496 e. The first kappa shape index (κ1) is 24.3. The molecule has 0 saturated heterocycles. The summed E-state index contributed by atoms with van der Waals surface area (Å²) in [6.45, 7) is 5.94. The first-order chi connectivity index (χ1) is 15.6. The molecule has 0 aliphatic heterocycles. The third-order valence-electron chi connectivity index (χ3n) is 5.95. The van der Waals surface area contributed by atoms with Crippen LogP contribution in [0.3, 0.4) is 0 Å². The quantitative estimate of drug-likeness (QED) is 0.566. The molecule has 3 atom stereocenters.